The lowest BCUT2D eigenvalue weighted by molar-refractivity contribution is -0.388. The van der Waals surface area contributed by atoms with E-state index in [-0.39, 0.29) is 0 Å². The molecule has 0 atom stereocenters. The summed E-state index contributed by atoms with van der Waals surface area (Å²) in [6, 6.07) is 1.19. The second-order valence-corrected chi connectivity index (χ2v) is 2.22. The second kappa shape index (κ2) is 3.95. The molecule has 0 aliphatic carbocycles. The van der Waals surface area contributed by atoms with Gasteiger partial charge in [-0.25, -0.2) is 8.78 Å². The van der Waals surface area contributed by atoms with Crippen molar-refractivity contribution in [1.29, 1.82) is 0 Å². The molecular formula is C7H4F3NO3. The largest absolute Gasteiger partial charge is 0.453 e. The van der Waals surface area contributed by atoms with Crippen molar-refractivity contribution in [3.8, 4) is 5.75 Å². The molecule has 0 fully saturated rings. The lowest BCUT2D eigenvalue weighted by Gasteiger charge is -2.03. The molecule has 0 bridgehead atoms. The summed E-state index contributed by atoms with van der Waals surface area (Å²) in [5.41, 5.74) is -1.21. The first-order chi connectivity index (χ1) is 6.57. The van der Waals surface area contributed by atoms with E-state index in [2.05, 4.69) is 4.74 Å². The summed E-state index contributed by atoms with van der Waals surface area (Å²) in [6.07, 6.45) is 0. The second-order valence-electron chi connectivity index (χ2n) is 2.22. The van der Waals surface area contributed by atoms with Gasteiger partial charge in [-0.05, 0) is 12.1 Å². The van der Waals surface area contributed by atoms with Crippen LogP contribution < -0.4 is 4.74 Å². The monoisotopic (exact) mass is 207 g/mol. The third-order valence-electron chi connectivity index (χ3n) is 1.42. The Hall–Kier alpha value is -1.79. The van der Waals surface area contributed by atoms with E-state index < -0.39 is 34.9 Å². The van der Waals surface area contributed by atoms with E-state index in [1.807, 2.05) is 0 Å². The molecule has 1 aromatic rings. The number of hydrogen-bond acceptors (Lipinski definition) is 3. The highest BCUT2D eigenvalue weighted by atomic mass is 19.1. The minimum Gasteiger partial charge on any atom is -0.453 e. The molecule has 0 spiro atoms. The maximum Gasteiger partial charge on any atom is 0.349 e. The van der Waals surface area contributed by atoms with E-state index in [0.717, 1.165) is 0 Å². The van der Waals surface area contributed by atoms with Crippen molar-refractivity contribution in [2.24, 2.45) is 0 Å². The summed E-state index contributed by atoms with van der Waals surface area (Å²) >= 11 is 0. The first-order valence-corrected chi connectivity index (χ1v) is 3.39. The smallest absolute Gasteiger partial charge is 0.349 e. The van der Waals surface area contributed by atoms with Gasteiger partial charge in [-0.3, -0.25) is 10.1 Å². The number of halogens is 3. The third kappa shape index (κ3) is 1.76. The average molecular weight is 207 g/mol. The molecule has 0 aliphatic rings. The molecule has 0 saturated heterocycles. The van der Waals surface area contributed by atoms with Gasteiger partial charge in [-0.15, -0.1) is 0 Å². The lowest BCUT2D eigenvalue weighted by Crippen LogP contribution is -2.01. The van der Waals surface area contributed by atoms with Crippen LogP contribution in [0.4, 0.5) is 18.9 Å². The van der Waals surface area contributed by atoms with E-state index in [9.17, 15) is 23.3 Å². The number of benzene rings is 1. The molecule has 0 aliphatic heterocycles. The number of nitrogens with zero attached hydrogens (tertiary/aromatic N) is 1. The van der Waals surface area contributed by atoms with E-state index in [4.69, 9.17) is 0 Å². The number of ether oxygens (including phenoxy) is 1. The number of alkyl halides is 1. The zero-order valence-corrected chi connectivity index (χ0v) is 6.67. The van der Waals surface area contributed by atoms with E-state index >= 15 is 0 Å². The summed E-state index contributed by atoms with van der Waals surface area (Å²) in [4.78, 5) is 9.09. The van der Waals surface area contributed by atoms with Gasteiger partial charge in [0.15, 0.2) is 5.82 Å². The third-order valence-corrected chi connectivity index (χ3v) is 1.42. The fraction of sp³-hybridized carbons (Fsp3) is 0.143. The van der Waals surface area contributed by atoms with E-state index in [0.29, 0.717) is 12.1 Å². The van der Waals surface area contributed by atoms with Crippen molar-refractivity contribution in [1.82, 2.24) is 0 Å². The molecule has 14 heavy (non-hydrogen) atoms. The predicted molar refractivity (Wildman–Crippen MR) is 39.6 cm³/mol. The highest BCUT2D eigenvalue weighted by Gasteiger charge is 2.25. The Morgan fingerprint density at radius 1 is 1.36 bits per heavy atom. The maximum atomic E-state index is 12.8. The summed E-state index contributed by atoms with van der Waals surface area (Å²) in [5, 5.41) is 10.3. The Bertz CT molecular complexity index is 369. The van der Waals surface area contributed by atoms with Crippen LogP contribution in [-0.4, -0.2) is 11.8 Å². The molecule has 76 valence electrons. The van der Waals surface area contributed by atoms with Crippen molar-refractivity contribution < 1.29 is 22.8 Å². The molecule has 0 radical (unpaired) electrons. The van der Waals surface area contributed by atoms with Crippen LogP contribution >= 0.6 is 0 Å². The Kier molecular flexibility index (Phi) is 2.90. The number of rotatable bonds is 3. The van der Waals surface area contributed by atoms with Crippen molar-refractivity contribution in [2.45, 2.75) is 0 Å². The first kappa shape index (κ1) is 10.3. The molecule has 0 N–H and O–H groups in total. The van der Waals surface area contributed by atoms with Crippen LogP contribution in [0, 0.1) is 21.7 Å². The van der Waals surface area contributed by atoms with Gasteiger partial charge in [0.05, 0.1) is 4.92 Å². The Balaban J connectivity index is 3.33. The van der Waals surface area contributed by atoms with Crippen molar-refractivity contribution in [3.05, 3.63) is 33.9 Å². The summed E-state index contributed by atoms with van der Waals surface area (Å²) in [6.45, 7) is -1.47. The van der Waals surface area contributed by atoms with Crippen LogP contribution in [0.5, 0.6) is 5.75 Å². The van der Waals surface area contributed by atoms with E-state index in [1.165, 1.54) is 0 Å². The van der Waals surface area contributed by atoms with Gasteiger partial charge in [-0.2, -0.15) is 4.39 Å². The molecule has 4 nitrogen and oxygen atoms in total. The minimum atomic E-state index is -1.47. The Morgan fingerprint density at radius 3 is 2.43 bits per heavy atom. The molecule has 7 heteroatoms. The van der Waals surface area contributed by atoms with Gasteiger partial charge in [-0.1, -0.05) is 0 Å². The molecule has 1 aromatic carbocycles. The van der Waals surface area contributed by atoms with Gasteiger partial charge >= 0.3 is 5.69 Å². The Morgan fingerprint density at radius 2 is 1.93 bits per heavy atom. The van der Waals surface area contributed by atoms with Crippen LogP contribution in [-0.2, 0) is 0 Å². The number of nitro groups is 1. The van der Waals surface area contributed by atoms with E-state index in [1.54, 1.807) is 0 Å². The lowest BCUT2D eigenvalue weighted by atomic mass is 10.2. The zero-order valence-electron chi connectivity index (χ0n) is 6.67. The number of hydrogen-bond donors (Lipinski definition) is 0. The topological polar surface area (TPSA) is 52.4 Å². The maximum absolute atomic E-state index is 12.8. The quantitative estimate of drug-likeness (QED) is 0.563. The highest BCUT2D eigenvalue weighted by molar-refractivity contribution is 5.48. The fourth-order valence-electron chi connectivity index (χ4n) is 0.884. The standard InChI is InChI=1S/C7H4F3NO3/c8-3-14-7-5(10)2-1-4(9)6(7)11(12)13/h1-2H,3H2. The predicted octanol–water partition coefficient (Wildman–Crippen LogP) is 2.18. The van der Waals surface area contributed by atoms with Crippen LogP contribution in [0.1, 0.15) is 0 Å². The van der Waals surface area contributed by atoms with Gasteiger partial charge in [0.2, 0.25) is 18.4 Å². The molecular weight excluding hydrogens is 203 g/mol. The van der Waals surface area contributed by atoms with Gasteiger partial charge in [0, 0.05) is 0 Å². The fourth-order valence-corrected chi connectivity index (χ4v) is 0.884. The van der Waals surface area contributed by atoms with Crippen molar-refractivity contribution >= 4 is 5.69 Å². The minimum absolute atomic E-state index is 0.568. The molecule has 0 heterocycles. The summed E-state index contributed by atoms with van der Waals surface area (Å²) < 4.78 is 41.3. The van der Waals surface area contributed by atoms with Crippen LogP contribution in [0.2, 0.25) is 0 Å². The highest BCUT2D eigenvalue weighted by Crippen LogP contribution is 2.32. The molecule has 0 unspecified atom stereocenters. The van der Waals surface area contributed by atoms with Crippen molar-refractivity contribution in [2.75, 3.05) is 6.86 Å². The summed E-state index contributed by atoms with van der Waals surface area (Å²) in [7, 11) is 0. The normalized spacial score (nSPS) is 9.93. The zero-order chi connectivity index (χ0) is 10.7. The molecule has 0 saturated carbocycles. The Labute approximate surface area is 76.1 Å². The SMILES string of the molecule is O=[N+]([O-])c1c(F)ccc(F)c1OCF. The molecule has 0 aromatic heterocycles. The average Bonchev–Trinajstić information content (AvgIpc) is 2.11. The van der Waals surface area contributed by atoms with Crippen LogP contribution in [0.25, 0.3) is 0 Å². The van der Waals surface area contributed by atoms with Gasteiger partial charge in [0.25, 0.3) is 0 Å². The van der Waals surface area contributed by atoms with Gasteiger partial charge < -0.3 is 4.74 Å². The number of nitro benzene ring substituents is 1. The van der Waals surface area contributed by atoms with Gasteiger partial charge in [0.1, 0.15) is 0 Å². The van der Waals surface area contributed by atoms with Crippen molar-refractivity contribution in [3.63, 3.8) is 0 Å². The summed E-state index contributed by atoms with van der Waals surface area (Å²) in [5.74, 6) is -3.49. The first-order valence-electron chi connectivity index (χ1n) is 3.39. The van der Waals surface area contributed by atoms with Crippen LogP contribution in [0.15, 0.2) is 12.1 Å². The molecule has 0 amide bonds. The molecule has 1 rings (SSSR count). The van der Waals surface area contributed by atoms with Crippen LogP contribution in [0.3, 0.4) is 0 Å².